The van der Waals surface area contributed by atoms with Crippen molar-refractivity contribution in [2.75, 3.05) is 11.9 Å². The van der Waals surface area contributed by atoms with Gasteiger partial charge in [-0.1, -0.05) is 13.8 Å². The molecule has 0 saturated heterocycles. The van der Waals surface area contributed by atoms with E-state index in [0.717, 1.165) is 6.26 Å². The van der Waals surface area contributed by atoms with Gasteiger partial charge in [0.2, 0.25) is 0 Å². The van der Waals surface area contributed by atoms with E-state index < -0.39 is 5.97 Å². The second-order valence-electron chi connectivity index (χ2n) is 3.92. The van der Waals surface area contributed by atoms with Crippen LogP contribution in [0, 0.1) is 5.92 Å². The molecule has 1 atom stereocenters. The molecule has 0 bridgehead atoms. The molecule has 0 spiro atoms. The number of aromatic nitrogens is 1. The van der Waals surface area contributed by atoms with Gasteiger partial charge in [-0.05, 0) is 12.8 Å². The van der Waals surface area contributed by atoms with Crippen LogP contribution in [-0.2, 0) is 0 Å². The summed E-state index contributed by atoms with van der Waals surface area (Å²) in [5.41, 5.74) is -0.0622. The quantitative estimate of drug-likeness (QED) is 0.825. The molecule has 0 aliphatic heterocycles. The van der Waals surface area contributed by atoms with Crippen LogP contribution in [0.15, 0.2) is 10.7 Å². The summed E-state index contributed by atoms with van der Waals surface area (Å²) in [7, 11) is 1.84. The molecule has 1 rings (SSSR count). The van der Waals surface area contributed by atoms with E-state index in [1.54, 1.807) is 0 Å². The number of carboxylic acids is 1. The largest absolute Gasteiger partial charge is 0.476 e. The molecule has 0 aliphatic carbocycles. The summed E-state index contributed by atoms with van der Waals surface area (Å²) in [6.07, 6.45) is 1.15. The molecular weight excluding hydrogens is 196 g/mol. The standard InChI is InChI=1S/C10H16N2O3/c1-6(2)7(3)12(4)10-11-8(5-15-10)9(13)14/h5-7H,1-4H3,(H,13,14). The number of hydrogen-bond acceptors (Lipinski definition) is 4. The van der Waals surface area contributed by atoms with Crippen LogP contribution in [0.4, 0.5) is 6.01 Å². The zero-order chi connectivity index (χ0) is 11.6. The van der Waals surface area contributed by atoms with Crippen molar-refractivity contribution in [3.05, 3.63) is 12.0 Å². The molecule has 5 heteroatoms. The summed E-state index contributed by atoms with van der Waals surface area (Å²) in [6.45, 7) is 6.21. The van der Waals surface area contributed by atoms with Gasteiger partial charge in [0, 0.05) is 13.1 Å². The third-order valence-electron chi connectivity index (χ3n) is 2.59. The Morgan fingerprint density at radius 2 is 2.13 bits per heavy atom. The Balaban J connectivity index is 2.82. The van der Waals surface area contributed by atoms with Gasteiger partial charge in [-0.2, -0.15) is 4.98 Å². The van der Waals surface area contributed by atoms with E-state index >= 15 is 0 Å². The fraction of sp³-hybridized carbons (Fsp3) is 0.600. The first-order chi connectivity index (χ1) is 6.93. The van der Waals surface area contributed by atoms with E-state index in [1.807, 2.05) is 18.9 Å². The Hall–Kier alpha value is -1.52. The second kappa shape index (κ2) is 4.33. The molecule has 0 amide bonds. The van der Waals surface area contributed by atoms with E-state index in [1.165, 1.54) is 0 Å². The summed E-state index contributed by atoms with van der Waals surface area (Å²) in [5, 5.41) is 8.69. The number of rotatable bonds is 4. The minimum absolute atomic E-state index is 0.0622. The highest BCUT2D eigenvalue weighted by molar-refractivity contribution is 5.85. The van der Waals surface area contributed by atoms with Crippen molar-refractivity contribution in [2.45, 2.75) is 26.8 Å². The van der Waals surface area contributed by atoms with Crippen molar-refractivity contribution < 1.29 is 14.3 Å². The molecule has 15 heavy (non-hydrogen) atoms. The summed E-state index contributed by atoms with van der Waals surface area (Å²) < 4.78 is 5.09. The molecule has 5 nitrogen and oxygen atoms in total. The highest BCUT2D eigenvalue weighted by Crippen LogP contribution is 2.18. The molecule has 1 aromatic rings. The maximum absolute atomic E-state index is 10.6. The zero-order valence-corrected chi connectivity index (χ0v) is 9.39. The van der Waals surface area contributed by atoms with Crippen molar-refractivity contribution in [1.82, 2.24) is 4.98 Å². The molecule has 0 fully saturated rings. The van der Waals surface area contributed by atoms with Crippen molar-refractivity contribution in [1.29, 1.82) is 0 Å². The molecule has 0 aliphatic rings. The van der Waals surface area contributed by atoms with Crippen LogP contribution in [0.25, 0.3) is 0 Å². The van der Waals surface area contributed by atoms with Gasteiger partial charge < -0.3 is 14.4 Å². The molecule has 1 heterocycles. The lowest BCUT2D eigenvalue weighted by Gasteiger charge is -2.26. The first-order valence-electron chi connectivity index (χ1n) is 4.85. The van der Waals surface area contributed by atoms with Gasteiger partial charge in [-0.25, -0.2) is 4.79 Å². The summed E-state index contributed by atoms with van der Waals surface area (Å²) >= 11 is 0. The van der Waals surface area contributed by atoms with E-state index in [9.17, 15) is 4.79 Å². The number of anilines is 1. The normalized spacial score (nSPS) is 12.9. The Bertz CT molecular complexity index is 346. The molecular formula is C10H16N2O3. The second-order valence-corrected chi connectivity index (χ2v) is 3.92. The van der Waals surface area contributed by atoms with Crippen molar-refractivity contribution >= 4 is 12.0 Å². The SMILES string of the molecule is CC(C)C(C)N(C)c1nc(C(=O)O)co1. The van der Waals surface area contributed by atoms with E-state index in [4.69, 9.17) is 9.52 Å². The molecule has 0 aromatic carbocycles. The van der Waals surface area contributed by atoms with Crippen LogP contribution in [0.1, 0.15) is 31.3 Å². The fourth-order valence-corrected chi connectivity index (χ4v) is 1.15. The lowest BCUT2D eigenvalue weighted by atomic mass is 10.1. The Kier molecular flexibility index (Phi) is 3.34. The average Bonchev–Trinajstić information content (AvgIpc) is 2.64. The smallest absolute Gasteiger partial charge is 0.357 e. The summed E-state index contributed by atoms with van der Waals surface area (Å²) in [6, 6.07) is 0.582. The maximum Gasteiger partial charge on any atom is 0.357 e. The molecule has 84 valence electrons. The van der Waals surface area contributed by atoms with Crippen LogP contribution >= 0.6 is 0 Å². The Labute approximate surface area is 88.7 Å². The van der Waals surface area contributed by atoms with Gasteiger partial charge in [0.25, 0.3) is 6.01 Å². The Morgan fingerprint density at radius 3 is 2.53 bits per heavy atom. The minimum atomic E-state index is -1.07. The Morgan fingerprint density at radius 1 is 1.53 bits per heavy atom. The van der Waals surface area contributed by atoms with Crippen molar-refractivity contribution in [2.24, 2.45) is 5.92 Å². The number of carbonyl (C=O) groups is 1. The highest BCUT2D eigenvalue weighted by atomic mass is 16.4. The van der Waals surface area contributed by atoms with Gasteiger partial charge in [-0.15, -0.1) is 0 Å². The van der Waals surface area contributed by atoms with Crippen molar-refractivity contribution in [3.63, 3.8) is 0 Å². The molecule has 0 radical (unpaired) electrons. The van der Waals surface area contributed by atoms with E-state index in [0.29, 0.717) is 11.9 Å². The number of oxazole rings is 1. The van der Waals surface area contributed by atoms with Crippen LogP contribution in [0.5, 0.6) is 0 Å². The number of carboxylic acid groups (broad SMARTS) is 1. The van der Waals surface area contributed by atoms with Crippen molar-refractivity contribution in [3.8, 4) is 0 Å². The number of aromatic carboxylic acids is 1. The van der Waals surface area contributed by atoms with Gasteiger partial charge in [0.05, 0.1) is 0 Å². The summed E-state index contributed by atoms with van der Waals surface area (Å²) in [4.78, 5) is 16.3. The highest BCUT2D eigenvalue weighted by Gasteiger charge is 2.19. The predicted octanol–water partition coefficient (Wildman–Crippen LogP) is 1.85. The van der Waals surface area contributed by atoms with Crippen LogP contribution in [0.2, 0.25) is 0 Å². The molecule has 1 N–H and O–H groups in total. The average molecular weight is 212 g/mol. The van der Waals surface area contributed by atoms with Crippen LogP contribution in [0.3, 0.4) is 0 Å². The van der Waals surface area contributed by atoms with Gasteiger partial charge >= 0.3 is 5.97 Å². The van der Waals surface area contributed by atoms with Gasteiger partial charge in [-0.3, -0.25) is 0 Å². The molecule has 1 aromatic heterocycles. The maximum atomic E-state index is 10.6. The zero-order valence-electron chi connectivity index (χ0n) is 9.39. The van der Waals surface area contributed by atoms with Gasteiger partial charge in [0.1, 0.15) is 6.26 Å². The number of hydrogen-bond donors (Lipinski definition) is 1. The lowest BCUT2D eigenvalue weighted by molar-refractivity contribution is 0.0690. The number of nitrogens with zero attached hydrogens (tertiary/aromatic N) is 2. The predicted molar refractivity (Wildman–Crippen MR) is 56.2 cm³/mol. The molecule has 1 unspecified atom stereocenters. The monoisotopic (exact) mass is 212 g/mol. The third kappa shape index (κ3) is 2.49. The van der Waals surface area contributed by atoms with Gasteiger partial charge in [0.15, 0.2) is 5.69 Å². The topological polar surface area (TPSA) is 66.6 Å². The first kappa shape index (κ1) is 11.6. The lowest BCUT2D eigenvalue weighted by Crippen LogP contribution is -2.33. The third-order valence-corrected chi connectivity index (χ3v) is 2.59. The minimum Gasteiger partial charge on any atom is -0.476 e. The molecule has 0 saturated carbocycles. The van der Waals surface area contributed by atoms with Crippen LogP contribution in [-0.4, -0.2) is 29.1 Å². The first-order valence-corrected chi connectivity index (χ1v) is 4.85. The fourth-order valence-electron chi connectivity index (χ4n) is 1.15. The van der Waals surface area contributed by atoms with E-state index in [2.05, 4.69) is 18.8 Å². The van der Waals surface area contributed by atoms with Crippen LogP contribution < -0.4 is 4.90 Å². The van der Waals surface area contributed by atoms with E-state index in [-0.39, 0.29) is 11.7 Å². The summed E-state index contributed by atoms with van der Waals surface area (Å²) in [5.74, 6) is -0.634.